The van der Waals surface area contributed by atoms with E-state index in [4.69, 9.17) is 4.74 Å². The number of piperidine rings is 1. The van der Waals surface area contributed by atoms with Crippen molar-refractivity contribution in [3.05, 3.63) is 45.7 Å². The molecule has 1 aromatic carbocycles. The highest BCUT2D eigenvalue weighted by Crippen LogP contribution is 2.39. The van der Waals surface area contributed by atoms with E-state index in [0.717, 1.165) is 62.0 Å². The number of hydrogen-bond donors (Lipinski definition) is 2. The quantitative estimate of drug-likeness (QED) is 0.872. The Morgan fingerprint density at radius 3 is 2.81 bits per heavy atom. The molecule has 0 saturated carbocycles. The van der Waals surface area contributed by atoms with E-state index in [1.165, 1.54) is 5.56 Å². The fourth-order valence-corrected chi connectivity index (χ4v) is 4.90. The fourth-order valence-electron chi connectivity index (χ4n) is 4.90. The van der Waals surface area contributed by atoms with Crippen LogP contribution >= 0.6 is 0 Å². The predicted octanol–water partition coefficient (Wildman–Crippen LogP) is 2.84. The zero-order valence-corrected chi connectivity index (χ0v) is 16.3. The van der Waals surface area contributed by atoms with Gasteiger partial charge >= 0.3 is 0 Å². The SMILES string of the molecule is Cc1ccc2[nH]c(=O)c(CN3CC[C@@](O)(C4CCOCC4)[C@H](C)C3)cc2c1. The number of pyridine rings is 1. The summed E-state index contributed by atoms with van der Waals surface area (Å²) < 4.78 is 5.47. The number of aliphatic hydroxyl groups is 1. The van der Waals surface area contributed by atoms with Crippen LogP contribution in [0.1, 0.15) is 37.3 Å². The summed E-state index contributed by atoms with van der Waals surface area (Å²) in [7, 11) is 0. The Morgan fingerprint density at radius 2 is 2.07 bits per heavy atom. The van der Waals surface area contributed by atoms with Gasteiger partial charge in [-0.1, -0.05) is 18.6 Å². The number of aromatic amines is 1. The van der Waals surface area contributed by atoms with Crippen LogP contribution in [0.5, 0.6) is 0 Å². The lowest BCUT2D eigenvalue weighted by molar-refractivity contribution is -0.131. The molecular formula is C22H30N2O3. The van der Waals surface area contributed by atoms with Gasteiger partial charge in [0.25, 0.3) is 5.56 Å². The molecule has 2 aromatic rings. The standard InChI is InChI=1S/C22H30N2O3/c1-15-3-4-20-17(11-15)12-18(21(25)23-20)14-24-8-7-22(26,16(2)13-24)19-5-9-27-10-6-19/h3-4,11-12,16,19,26H,5-10,13-14H2,1-2H3,(H,23,25)/t16-,22+/m1/s1. The van der Waals surface area contributed by atoms with Crippen LogP contribution in [-0.2, 0) is 11.3 Å². The molecule has 5 nitrogen and oxygen atoms in total. The molecule has 0 radical (unpaired) electrons. The molecule has 27 heavy (non-hydrogen) atoms. The third-order valence-electron chi connectivity index (χ3n) is 6.61. The number of likely N-dealkylation sites (tertiary alicyclic amines) is 1. The molecule has 2 aliphatic rings. The van der Waals surface area contributed by atoms with E-state index in [1.54, 1.807) is 0 Å². The Hall–Kier alpha value is -1.69. The number of rotatable bonds is 3. The third kappa shape index (κ3) is 3.68. The molecule has 2 saturated heterocycles. The van der Waals surface area contributed by atoms with E-state index < -0.39 is 5.60 Å². The second kappa shape index (κ2) is 7.38. The van der Waals surface area contributed by atoms with Crippen LogP contribution in [0.25, 0.3) is 10.9 Å². The van der Waals surface area contributed by atoms with E-state index in [1.807, 2.05) is 18.2 Å². The number of benzene rings is 1. The summed E-state index contributed by atoms with van der Waals surface area (Å²) in [5.74, 6) is 0.520. The van der Waals surface area contributed by atoms with Gasteiger partial charge in [-0.25, -0.2) is 0 Å². The number of ether oxygens (including phenoxy) is 1. The van der Waals surface area contributed by atoms with Crippen molar-refractivity contribution in [2.45, 2.75) is 45.3 Å². The minimum Gasteiger partial charge on any atom is -0.389 e. The van der Waals surface area contributed by atoms with Crippen LogP contribution in [-0.4, -0.2) is 46.9 Å². The van der Waals surface area contributed by atoms with Gasteiger partial charge in [0.1, 0.15) is 0 Å². The average Bonchev–Trinajstić information content (AvgIpc) is 2.66. The Balaban J connectivity index is 1.49. The largest absolute Gasteiger partial charge is 0.389 e. The minimum absolute atomic E-state index is 0.00993. The maximum absolute atomic E-state index is 12.5. The number of nitrogens with one attached hydrogen (secondary N) is 1. The Bertz CT molecular complexity index is 871. The molecule has 5 heteroatoms. The number of aryl methyl sites for hydroxylation is 1. The summed E-state index contributed by atoms with van der Waals surface area (Å²) in [5.41, 5.74) is 2.26. The summed E-state index contributed by atoms with van der Waals surface area (Å²) >= 11 is 0. The van der Waals surface area contributed by atoms with Gasteiger partial charge in [-0.3, -0.25) is 9.69 Å². The van der Waals surface area contributed by atoms with E-state index in [2.05, 4.69) is 29.8 Å². The highest BCUT2D eigenvalue weighted by Gasteiger charge is 2.45. The molecule has 1 aromatic heterocycles. The predicted molar refractivity (Wildman–Crippen MR) is 107 cm³/mol. The number of fused-ring (bicyclic) bond motifs is 1. The highest BCUT2D eigenvalue weighted by atomic mass is 16.5. The highest BCUT2D eigenvalue weighted by molar-refractivity contribution is 5.79. The summed E-state index contributed by atoms with van der Waals surface area (Å²) in [6.07, 6.45) is 2.67. The lowest BCUT2D eigenvalue weighted by Gasteiger charge is -2.48. The normalized spacial score (nSPS) is 27.9. The molecule has 0 amide bonds. The minimum atomic E-state index is -0.604. The summed E-state index contributed by atoms with van der Waals surface area (Å²) in [6, 6.07) is 8.11. The first-order valence-electron chi connectivity index (χ1n) is 10.1. The molecule has 2 aliphatic heterocycles. The molecule has 2 fully saturated rings. The molecule has 0 unspecified atom stereocenters. The zero-order valence-electron chi connectivity index (χ0n) is 16.3. The van der Waals surface area contributed by atoms with Crippen molar-refractivity contribution in [2.24, 2.45) is 11.8 Å². The van der Waals surface area contributed by atoms with Crippen molar-refractivity contribution in [3.8, 4) is 0 Å². The molecular weight excluding hydrogens is 340 g/mol. The van der Waals surface area contributed by atoms with E-state index >= 15 is 0 Å². The van der Waals surface area contributed by atoms with Crippen molar-refractivity contribution in [3.63, 3.8) is 0 Å². The van der Waals surface area contributed by atoms with Crippen molar-refractivity contribution >= 4 is 10.9 Å². The van der Waals surface area contributed by atoms with Crippen LogP contribution in [0.4, 0.5) is 0 Å². The number of H-pyrrole nitrogens is 1. The van der Waals surface area contributed by atoms with Crippen LogP contribution in [0, 0.1) is 18.8 Å². The maximum atomic E-state index is 12.5. The summed E-state index contributed by atoms with van der Waals surface area (Å²) in [4.78, 5) is 17.8. The van der Waals surface area contributed by atoms with E-state index in [9.17, 15) is 9.90 Å². The topological polar surface area (TPSA) is 65.6 Å². The average molecular weight is 370 g/mol. The van der Waals surface area contributed by atoms with Crippen molar-refractivity contribution < 1.29 is 9.84 Å². The van der Waals surface area contributed by atoms with Crippen LogP contribution in [0.3, 0.4) is 0 Å². The van der Waals surface area contributed by atoms with Crippen LogP contribution in [0.15, 0.2) is 29.1 Å². The van der Waals surface area contributed by atoms with Gasteiger partial charge in [-0.2, -0.15) is 0 Å². The van der Waals surface area contributed by atoms with Gasteiger partial charge in [0.05, 0.1) is 5.60 Å². The molecule has 4 rings (SSSR count). The molecule has 146 valence electrons. The molecule has 3 heterocycles. The Labute approximate surface area is 160 Å². The third-order valence-corrected chi connectivity index (χ3v) is 6.61. The summed E-state index contributed by atoms with van der Waals surface area (Å²) in [6.45, 7) is 8.00. The fraction of sp³-hybridized carbons (Fsp3) is 0.591. The second-order valence-electron chi connectivity index (χ2n) is 8.48. The maximum Gasteiger partial charge on any atom is 0.252 e. The zero-order chi connectivity index (χ0) is 19.0. The molecule has 0 aliphatic carbocycles. The van der Waals surface area contributed by atoms with Gasteiger partial charge in [0, 0.05) is 43.9 Å². The van der Waals surface area contributed by atoms with Crippen molar-refractivity contribution in [1.29, 1.82) is 0 Å². The second-order valence-corrected chi connectivity index (χ2v) is 8.48. The first-order valence-corrected chi connectivity index (χ1v) is 10.1. The first kappa shape index (κ1) is 18.7. The van der Waals surface area contributed by atoms with Gasteiger partial charge in [-0.15, -0.1) is 0 Å². The number of hydrogen-bond acceptors (Lipinski definition) is 4. The summed E-state index contributed by atoms with van der Waals surface area (Å²) in [5, 5.41) is 12.4. The first-order chi connectivity index (χ1) is 13.0. The number of aromatic nitrogens is 1. The molecule has 2 atom stereocenters. The Kier molecular flexibility index (Phi) is 5.10. The van der Waals surface area contributed by atoms with Gasteiger partial charge < -0.3 is 14.8 Å². The van der Waals surface area contributed by atoms with Crippen LogP contribution < -0.4 is 5.56 Å². The Morgan fingerprint density at radius 1 is 1.30 bits per heavy atom. The molecule has 2 N–H and O–H groups in total. The monoisotopic (exact) mass is 370 g/mol. The lowest BCUT2D eigenvalue weighted by Crippen LogP contribution is -2.55. The molecule has 0 spiro atoms. The van der Waals surface area contributed by atoms with E-state index in [0.29, 0.717) is 12.5 Å². The lowest BCUT2D eigenvalue weighted by atomic mass is 9.70. The number of nitrogens with zero attached hydrogens (tertiary/aromatic N) is 1. The van der Waals surface area contributed by atoms with Gasteiger partial charge in [0.15, 0.2) is 0 Å². The smallest absolute Gasteiger partial charge is 0.252 e. The molecule has 0 bridgehead atoms. The van der Waals surface area contributed by atoms with Crippen molar-refractivity contribution in [1.82, 2.24) is 9.88 Å². The van der Waals surface area contributed by atoms with E-state index in [-0.39, 0.29) is 11.5 Å². The van der Waals surface area contributed by atoms with Gasteiger partial charge in [0.2, 0.25) is 0 Å². The van der Waals surface area contributed by atoms with Crippen LogP contribution in [0.2, 0.25) is 0 Å². The van der Waals surface area contributed by atoms with Crippen molar-refractivity contribution in [2.75, 3.05) is 26.3 Å². The van der Waals surface area contributed by atoms with Gasteiger partial charge in [-0.05, 0) is 61.6 Å².